The van der Waals surface area contributed by atoms with Crippen LogP contribution in [0, 0.1) is 0 Å². The standard InChI is InChI=1S/C17H28N2O/c1-4-8-15(3)19-17(20)13-18-14(2)11-12-16-9-6-5-7-10-16/h5-7,9-10,14-15,18H,4,8,11-13H2,1-3H3,(H,19,20). The summed E-state index contributed by atoms with van der Waals surface area (Å²) < 4.78 is 0. The minimum absolute atomic E-state index is 0.0949. The van der Waals surface area contributed by atoms with Gasteiger partial charge in [0.05, 0.1) is 6.54 Å². The van der Waals surface area contributed by atoms with Crippen LogP contribution in [-0.4, -0.2) is 24.5 Å². The van der Waals surface area contributed by atoms with E-state index >= 15 is 0 Å². The van der Waals surface area contributed by atoms with Gasteiger partial charge in [0.2, 0.25) is 5.91 Å². The zero-order chi connectivity index (χ0) is 14.8. The van der Waals surface area contributed by atoms with Gasteiger partial charge in [0.25, 0.3) is 0 Å². The summed E-state index contributed by atoms with van der Waals surface area (Å²) in [6.45, 7) is 6.72. The third kappa shape index (κ3) is 7.29. The molecular formula is C17H28N2O. The number of hydrogen-bond donors (Lipinski definition) is 2. The summed E-state index contributed by atoms with van der Waals surface area (Å²) in [4.78, 5) is 11.7. The molecule has 0 radical (unpaired) electrons. The van der Waals surface area contributed by atoms with Gasteiger partial charge in [0, 0.05) is 12.1 Å². The summed E-state index contributed by atoms with van der Waals surface area (Å²) in [6.07, 6.45) is 4.22. The molecule has 20 heavy (non-hydrogen) atoms. The molecule has 0 bridgehead atoms. The second-order valence-electron chi connectivity index (χ2n) is 5.56. The topological polar surface area (TPSA) is 41.1 Å². The Morgan fingerprint density at radius 3 is 2.45 bits per heavy atom. The molecule has 0 spiro atoms. The van der Waals surface area contributed by atoms with E-state index in [-0.39, 0.29) is 11.9 Å². The van der Waals surface area contributed by atoms with Gasteiger partial charge < -0.3 is 10.6 Å². The van der Waals surface area contributed by atoms with Crippen LogP contribution >= 0.6 is 0 Å². The summed E-state index contributed by atoms with van der Waals surface area (Å²) >= 11 is 0. The van der Waals surface area contributed by atoms with Gasteiger partial charge in [-0.1, -0.05) is 43.7 Å². The predicted molar refractivity (Wildman–Crippen MR) is 84.7 cm³/mol. The first-order valence-electron chi connectivity index (χ1n) is 7.68. The van der Waals surface area contributed by atoms with Crippen LogP contribution in [0.25, 0.3) is 0 Å². The van der Waals surface area contributed by atoms with Gasteiger partial charge in [-0.15, -0.1) is 0 Å². The first-order valence-corrected chi connectivity index (χ1v) is 7.68. The summed E-state index contributed by atoms with van der Waals surface area (Å²) in [7, 11) is 0. The molecule has 2 unspecified atom stereocenters. The number of carbonyl (C=O) groups excluding carboxylic acids is 1. The van der Waals surface area contributed by atoms with Crippen molar-refractivity contribution in [2.24, 2.45) is 0 Å². The van der Waals surface area contributed by atoms with E-state index in [0.717, 1.165) is 25.7 Å². The van der Waals surface area contributed by atoms with Gasteiger partial charge in [0.15, 0.2) is 0 Å². The van der Waals surface area contributed by atoms with Crippen LogP contribution in [0.2, 0.25) is 0 Å². The normalized spacial score (nSPS) is 13.8. The zero-order valence-corrected chi connectivity index (χ0v) is 13.0. The molecule has 0 saturated carbocycles. The first-order chi connectivity index (χ1) is 9.61. The van der Waals surface area contributed by atoms with Gasteiger partial charge in [0.1, 0.15) is 0 Å². The Bertz CT molecular complexity index is 378. The van der Waals surface area contributed by atoms with Crippen LogP contribution in [-0.2, 0) is 11.2 Å². The molecule has 112 valence electrons. The van der Waals surface area contributed by atoms with Gasteiger partial charge in [-0.05, 0) is 38.7 Å². The molecule has 0 saturated heterocycles. The molecule has 0 heterocycles. The highest BCUT2D eigenvalue weighted by Crippen LogP contribution is 2.04. The van der Waals surface area contributed by atoms with Crippen molar-refractivity contribution in [1.29, 1.82) is 0 Å². The van der Waals surface area contributed by atoms with Gasteiger partial charge in [-0.3, -0.25) is 4.79 Å². The highest BCUT2D eigenvalue weighted by atomic mass is 16.1. The Kier molecular flexibility index (Phi) is 7.97. The number of hydrogen-bond acceptors (Lipinski definition) is 2. The average molecular weight is 276 g/mol. The second-order valence-corrected chi connectivity index (χ2v) is 5.56. The summed E-state index contributed by atoms with van der Waals surface area (Å²) in [5, 5.41) is 6.30. The number of aryl methyl sites for hydroxylation is 1. The summed E-state index contributed by atoms with van der Waals surface area (Å²) in [5.74, 6) is 0.0949. The maximum Gasteiger partial charge on any atom is 0.234 e. The van der Waals surface area contributed by atoms with Gasteiger partial charge in [-0.25, -0.2) is 0 Å². The molecule has 0 aliphatic heterocycles. The Morgan fingerprint density at radius 1 is 1.10 bits per heavy atom. The van der Waals surface area contributed by atoms with Gasteiger partial charge >= 0.3 is 0 Å². The Morgan fingerprint density at radius 2 is 1.80 bits per heavy atom. The van der Waals surface area contributed by atoms with Crippen molar-refractivity contribution in [3.05, 3.63) is 35.9 Å². The lowest BCUT2D eigenvalue weighted by molar-refractivity contribution is -0.121. The lowest BCUT2D eigenvalue weighted by Crippen LogP contribution is -2.41. The van der Waals surface area contributed by atoms with Crippen LogP contribution in [0.4, 0.5) is 0 Å². The van der Waals surface area contributed by atoms with E-state index in [9.17, 15) is 4.79 Å². The molecule has 1 rings (SSSR count). The van der Waals surface area contributed by atoms with Crippen LogP contribution in [0.1, 0.15) is 45.6 Å². The molecule has 0 fully saturated rings. The van der Waals surface area contributed by atoms with Crippen LogP contribution < -0.4 is 10.6 Å². The van der Waals surface area contributed by atoms with Crippen LogP contribution in [0.15, 0.2) is 30.3 Å². The lowest BCUT2D eigenvalue weighted by Gasteiger charge is -2.16. The molecule has 0 aromatic heterocycles. The fourth-order valence-corrected chi connectivity index (χ4v) is 2.23. The number of benzene rings is 1. The van der Waals surface area contributed by atoms with Crippen molar-refractivity contribution in [2.75, 3.05) is 6.54 Å². The predicted octanol–water partition coefficient (Wildman–Crippen LogP) is 2.90. The number of carbonyl (C=O) groups is 1. The Balaban J connectivity index is 2.16. The number of rotatable bonds is 9. The molecule has 0 aliphatic rings. The van der Waals surface area contributed by atoms with Crippen molar-refractivity contribution in [3.8, 4) is 0 Å². The fourth-order valence-electron chi connectivity index (χ4n) is 2.23. The van der Waals surface area contributed by atoms with Crippen molar-refractivity contribution in [3.63, 3.8) is 0 Å². The minimum atomic E-state index is 0.0949. The molecule has 1 amide bonds. The van der Waals surface area contributed by atoms with Crippen LogP contribution in [0.3, 0.4) is 0 Å². The molecule has 1 aromatic carbocycles. The maximum absolute atomic E-state index is 11.7. The van der Waals surface area contributed by atoms with Crippen molar-refractivity contribution >= 4 is 5.91 Å². The van der Waals surface area contributed by atoms with E-state index in [0.29, 0.717) is 12.6 Å². The zero-order valence-electron chi connectivity index (χ0n) is 13.0. The molecule has 3 nitrogen and oxygen atoms in total. The molecule has 0 aliphatic carbocycles. The first kappa shape index (κ1) is 16.7. The number of nitrogens with one attached hydrogen (secondary N) is 2. The summed E-state index contributed by atoms with van der Waals surface area (Å²) in [5.41, 5.74) is 1.35. The third-order valence-electron chi connectivity index (χ3n) is 3.45. The largest absolute Gasteiger partial charge is 0.353 e. The SMILES string of the molecule is CCCC(C)NC(=O)CNC(C)CCc1ccccc1. The van der Waals surface area contributed by atoms with Crippen molar-refractivity contribution in [1.82, 2.24) is 10.6 Å². The van der Waals surface area contributed by atoms with Crippen molar-refractivity contribution in [2.45, 2.75) is 58.5 Å². The van der Waals surface area contributed by atoms with E-state index in [4.69, 9.17) is 0 Å². The third-order valence-corrected chi connectivity index (χ3v) is 3.45. The van der Waals surface area contributed by atoms with E-state index < -0.39 is 0 Å². The van der Waals surface area contributed by atoms with E-state index in [1.54, 1.807) is 0 Å². The fraction of sp³-hybridized carbons (Fsp3) is 0.588. The minimum Gasteiger partial charge on any atom is -0.353 e. The maximum atomic E-state index is 11.7. The Labute approximate surface area is 123 Å². The van der Waals surface area contributed by atoms with Crippen molar-refractivity contribution < 1.29 is 4.79 Å². The number of amides is 1. The second kappa shape index (κ2) is 9.54. The van der Waals surface area contributed by atoms with E-state index in [2.05, 4.69) is 55.7 Å². The highest BCUT2D eigenvalue weighted by Gasteiger charge is 2.08. The lowest BCUT2D eigenvalue weighted by atomic mass is 10.1. The average Bonchev–Trinajstić information content (AvgIpc) is 2.44. The van der Waals surface area contributed by atoms with E-state index in [1.165, 1.54) is 5.56 Å². The smallest absolute Gasteiger partial charge is 0.234 e. The van der Waals surface area contributed by atoms with E-state index in [1.807, 2.05) is 6.07 Å². The Hall–Kier alpha value is -1.35. The molecule has 1 aromatic rings. The summed E-state index contributed by atoms with van der Waals surface area (Å²) in [6, 6.07) is 11.1. The molecule has 3 heteroatoms. The quantitative estimate of drug-likeness (QED) is 0.728. The molecule has 2 atom stereocenters. The monoisotopic (exact) mass is 276 g/mol. The highest BCUT2D eigenvalue weighted by molar-refractivity contribution is 5.78. The van der Waals surface area contributed by atoms with Gasteiger partial charge in [-0.2, -0.15) is 0 Å². The van der Waals surface area contributed by atoms with Crippen LogP contribution in [0.5, 0.6) is 0 Å². The molecular weight excluding hydrogens is 248 g/mol. The molecule has 2 N–H and O–H groups in total.